The van der Waals surface area contributed by atoms with E-state index in [-0.39, 0.29) is 17.4 Å². The van der Waals surface area contributed by atoms with Gasteiger partial charge in [-0.05, 0) is 61.2 Å². The normalized spacial score (nSPS) is 16.2. The fourth-order valence-electron chi connectivity index (χ4n) is 3.84. The van der Waals surface area contributed by atoms with Gasteiger partial charge in [0.15, 0.2) is 0 Å². The van der Waals surface area contributed by atoms with Crippen molar-refractivity contribution in [1.82, 2.24) is 9.78 Å². The first-order chi connectivity index (χ1) is 15.0. The molecule has 1 N–H and O–H groups in total. The van der Waals surface area contributed by atoms with E-state index in [0.29, 0.717) is 23.1 Å². The molecular formula is C24H25ClN4O2. The second-order valence-corrected chi connectivity index (χ2v) is 8.18. The van der Waals surface area contributed by atoms with Crippen LogP contribution in [0, 0.1) is 5.92 Å². The third kappa shape index (κ3) is 4.97. The number of nitrogens with zero attached hydrogens (tertiary/aromatic N) is 3. The summed E-state index contributed by atoms with van der Waals surface area (Å²) in [7, 11) is 0. The zero-order chi connectivity index (χ0) is 21.8. The van der Waals surface area contributed by atoms with E-state index >= 15 is 0 Å². The smallest absolute Gasteiger partial charge is 0.271 e. The van der Waals surface area contributed by atoms with E-state index in [1.165, 1.54) is 16.3 Å². The third-order valence-corrected chi connectivity index (χ3v) is 5.82. The third-order valence-electron chi connectivity index (χ3n) is 5.58. The van der Waals surface area contributed by atoms with Gasteiger partial charge in [-0.3, -0.25) is 9.59 Å². The van der Waals surface area contributed by atoms with Gasteiger partial charge < -0.3 is 10.2 Å². The molecule has 31 heavy (non-hydrogen) atoms. The molecule has 2 aromatic carbocycles. The quantitative estimate of drug-likeness (QED) is 0.647. The topological polar surface area (TPSA) is 67.2 Å². The fraction of sp³-hybridized carbons (Fsp3) is 0.292. The molecule has 6 nitrogen and oxygen atoms in total. The second kappa shape index (κ2) is 9.35. The molecule has 160 valence electrons. The van der Waals surface area contributed by atoms with Gasteiger partial charge in [0, 0.05) is 29.9 Å². The Bertz CT molecular complexity index is 1130. The van der Waals surface area contributed by atoms with Crippen molar-refractivity contribution in [3.8, 4) is 5.69 Å². The maximum atomic E-state index is 12.8. The van der Waals surface area contributed by atoms with Crippen LogP contribution in [0.3, 0.4) is 0 Å². The van der Waals surface area contributed by atoms with E-state index < -0.39 is 0 Å². The number of aryl methyl sites for hydroxylation is 1. The van der Waals surface area contributed by atoms with Gasteiger partial charge in [-0.2, -0.15) is 4.68 Å². The molecule has 0 spiro atoms. The summed E-state index contributed by atoms with van der Waals surface area (Å²) in [6.45, 7) is 3.43. The highest BCUT2D eigenvalue weighted by Gasteiger charge is 2.27. The van der Waals surface area contributed by atoms with Crippen LogP contribution in [-0.2, 0) is 11.2 Å². The molecule has 1 amide bonds. The lowest BCUT2D eigenvalue weighted by molar-refractivity contribution is -0.120. The number of rotatable bonds is 5. The molecule has 1 atom stereocenters. The summed E-state index contributed by atoms with van der Waals surface area (Å²) in [6, 6.07) is 18.2. The van der Waals surface area contributed by atoms with Crippen LogP contribution in [0.15, 0.2) is 65.5 Å². The number of carbonyl (C=O) groups is 1. The highest BCUT2D eigenvalue weighted by atomic mass is 35.5. The molecule has 0 saturated carbocycles. The Morgan fingerprint density at radius 1 is 1.16 bits per heavy atom. The lowest BCUT2D eigenvalue weighted by atomic mass is 9.97. The van der Waals surface area contributed by atoms with E-state index in [1.54, 1.807) is 18.2 Å². The lowest BCUT2D eigenvalue weighted by Crippen LogP contribution is -2.41. The van der Waals surface area contributed by atoms with E-state index in [4.69, 9.17) is 11.6 Å². The van der Waals surface area contributed by atoms with Gasteiger partial charge in [-0.1, -0.05) is 36.7 Å². The van der Waals surface area contributed by atoms with Crippen molar-refractivity contribution < 1.29 is 4.79 Å². The number of halogens is 1. The average molecular weight is 437 g/mol. The molecular weight excluding hydrogens is 412 g/mol. The Hall–Kier alpha value is -3.12. The Balaban J connectivity index is 1.51. The summed E-state index contributed by atoms with van der Waals surface area (Å²) in [5, 5.41) is 8.13. The van der Waals surface area contributed by atoms with E-state index in [9.17, 15) is 9.59 Å². The monoisotopic (exact) mass is 436 g/mol. The predicted molar refractivity (Wildman–Crippen MR) is 124 cm³/mol. The lowest BCUT2D eigenvalue weighted by Gasteiger charge is -2.33. The maximum absolute atomic E-state index is 12.8. The Morgan fingerprint density at radius 2 is 1.97 bits per heavy atom. The summed E-state index contributed by atoms with van der Waals surface area (Å²) in [4.78, 5) is 27.3. The molecule has 2 heterocycles. The van der Waals surface area contributed by atoms with Gasteiger partial charge in [0.25, 0.3) is 5.56 Å². The number of nitrogens with one attached hydrogen (secondary N) is 1. The minimum absolute atomic E-state index is 0.0320. The zero-order valence-electron chi connectivity index (χ0n) is 17.4. The number of hydrogen-bond donors (Lipinski definition) is 1. The van der Waals surface area contributed by atoms with Crippen molar-refractivity contribution in [3.63, 3.8) is 0 Å². The number of carbonyl (C=O) groups excluding carboxylic acids is 1. The first-order valence-corrected chi connectivity index (χ1v) is 10.9. The highest BCUT2D eigenvalue weighted by Crippen LogP contribution is 2.23. The minimum Gasteiger partial charge on any atom is -0.354 e. The Kier molecular flexibility index (Phi) is 6.37. The number of anilines is 2. The van der Waals surface area contributed by atoms with Crippen LogP contribution < -0.4 is 15.8 Å². The standard InChI is InChI=1S/C24H25ClN4O2/c1-2-17-8-10-21(11-9-17)29-23(30)13-12-22(27-29)28-14-4-5-18(16-28)24(31)26-20-7-3-6-19(25)15-20/h3,6-13,15,18H,2,4-5,14,16H2,1H3,(H,26,31). The summed E-state index contributed by atoms with van der Waals surface area (Å²) >= 11 is 6.02. The van der Waals surface area contributed by atoms with Crippen LogP contribution in [0.25, 0.3) is 5.69 Å². The minimum atomic E-state index is -0.180. The van der Waals surface area contributed by atoms with Gasteiger partial charge in [-0.25, -0.2) is 0 Å². The van der Waals surface area contributed by atoms with Crippen molar-refractivity contribution in [3.05, 3.63) is 81.6 Å². The Labute approximate surface area is 186 Å². The van der Waals surface area contributed by atoms with Gasteiger partial charge in [-0.15, -0.1) is 5.10 Å². The average Bonchev–Trinajstić information content (AvgIpc) is 2.79. The van der Waals surface area contributed by atoms with Crippen molar-refractivity contribution in [2.24, 2.45) is 5.92 Å². The van der Waals surface area contributed by atoms with Crippen LogP contribution in [0.4, 0.5) is 11.5 Å². The van der Waals surface area contributed by atoms with Gasteiger partial charge in [0.2, 0.25) is 5.91 Å². The molecule has 0 bridgehead atoms. The van der Waals surface area contributed by atoms with Crippen LogP contribution in [0.1, 0.15) is 25.3 Å². The van der Waals surface area contributed by atoms with E-state index in [1.807, 2.05) is 36.4 Å². The first kappa shape index (κ1) is 21.1. The maximum Gasteiger partial charge on any atom is 0.271 e. The van der Waals surface area contributed by atoms with E-state index in [0.717, 1.165) is 31.5 Å². The van der Waals surface area contributed by atoms with Gasteiger partial charge >= 0.3 is 0 Å². The van der Waals surface area contributed by atoms with Crippen LogP contribution in [0.2, 0.25) is 5.02 Å². The van der Waals surface area contributed by atoms with E-state index in [2.05, 4.69) is 22.2 Å². The second-order valence-electron chi connectivity index (χ2n) is 7.75. The highest BCUT2D eigenvalue weighted by molar-refractivity contribution is 6.30. The largest absolute Gasteiger partial charge is 0.354 e. The molecule has 1 aliphatic rings. The number of hydrogen-bond acceptors (Lipinski definition) is 4. The molecule has 1 saturated heterocycles. The number of piperidine rings is 1. The molecule has 0 radical (unpaired) electrons. The van der Waals surface area contributed by atoms with Crippen LogP contribution in [-0.4, -0.2) is 28.8 Å². The van der Waals surface area contributed by atoms with Crippen LogP contribution >= 0.6 is 11.6 Å². The SMILES string of the molecule is CCc1ccc(-n2nc(N3CCCC(C(=O)Nc4cccc(Cl)c4)C3)ccc2=O)cc1. The molecule has 7 heteroatoms. The van der Waals surface area contributed by atoms with Crippen molar-refractivity contribution >= 4 is 29.0 Å². The summed E-state index contributed by atoms with van der Waals surface area (Å²) in [5.41, 5.74) is 2.45. The summed E-state index contributed by atoms with van der Waals surface area (Å²) in [5.74, 6) is 0.494. The van der Waals surface area contributed by atoms with Crippen molar-refractivity contribution in [1.29, 1.82) is 0 Å². The van der Waals surface area contributed by atoms with Crippen molar-refractivity contribution in [2.75, 3.05) is 23.3 Å². The molecule has 1 aromatic heterocycles. The molecule has 1 unspecified atom stereocenters. The summed E-state index contributed by atoms with van der Waals surface area (Å²) in [6.07, 6.45) is 2.62. The predicted octanol–water partition coefficient (Wildman–Crippen LogP) is 4.30. The molecule has 1 fully saturated rings. The number of amides is 1. The number of aromatic nitrogens is 2. The molecule has 3 aromatic rings. The number of benzene rings is 2. The van der Waals surface area contributed by atoms with Crippen molar-refractivity contribution in [2.45, 2.75) is 26.2 Å². The molecule has 0 aliphatic carbocycles. The van der Waals surface area contributed by atoms with Gasteiger partial charge in [0.1, 0.15) is 5.82 Å². The fourth-order valence-corrected chi connectivity index (χ4v) is 4.03. The van der Waals surface area contributed by atoms with Crippen LogP contribution in [0.5, 0.6) is 0 Å². The molecule has 4 rings (SSSR count). The first-order valence-electron chi connectivity index (χ1n) is 10.5. The summed E-state index contributed by atoms with van der Waals surface area (Å²) < 4.78 is 1.42. The van der Waals surface area contributed by atoms with Gasteiger partial charge in [0.05, 0.1) is 11.6 Å². The molecule has 1 aliphatic heterocycles. The Morgan fingerprint density at radius 3 is 2.71 bits per heavy atom. The zero-order valence-corrected chi connectivity index (χ0v) is 18.2.